The molecule has 1 aromatic rings. The molecular weight excluding hydrogens is 224 g/mol. The molecule has 0 aromatic heterocycles. The summed E-state index contributed by atoms with van der Waals surface area (Å²) < 4.78 is 0. The van der Waals surface area contributed by atoms with Crippen LogP contribution in [0.4, 0.5) is 0 Å². The maximum Gasteiger partial charge on any atom is 0.236 e. The Morgan fingerprint density at radius 1 is 1.33 bits per heavy atom. The van der Waals surface area contributed by atoms with E-state index in [2.05, 4.69) is 31.3 Å². The number of nitrogens with zero attached hydrogens (tertiary/aromatic N) is 1. The van der Waals surface area contributed by atoms with Crippen LogP contribution in [0.15, 0.2) is 24.3 Å². The average molecular weight is 246 g/mol. The van der Waals surface area contributed by atoms with Crippen LogP contribution in [-0.2, 0) is 4.79 Å². The van der Waals surface area contributed by atoms with Crippen LogP contribution in [0.2, 0.25) is 0 Å². The van der Waals surface area contributed by atoms with Gasteiger partial charge in [0.2, 0.25) is 5.91 Å². The van der Waals surface area contributed by atoms with Gasteiger partial charge in [-0.25, -0.2) is 0 Å². The predicted octanol–water partition coefficient (Wildman–Crippen LogP) is 2.27. The van der Waals surface area contributed by atoms with Crippen LogP contribution < -0.4 is 5.32 Å². The Balaban J connectivity index is 1.86. The highest BCUT2D eigenvalue weighted by molar-refractivity contribution is 5.78. The Kier molecular flexibility index (Phi) is 4.37. The van der Waals surface area contributed by atoms with Gasteiger partial charge in [0.15, 0.2) is 0 Å². The molecule has 1 N–H and O–H groups in total. The largest absolute Gasteiger partial charge is 0.342 e. The van der Waals surface area contributed by atoms with Gasteiger partial charge in [0.1, 0.15) is 0 Å². The third kappa shape index (κ3) is 3.10. The third-order valence-corrected chi connectivity index (χ3v) is 3.67. The van der Waals surface area contributed by atoms with Gasteiger partial charge in [0, 0.05) is 19.1 Å². The van der Waals surface area contributed by atoms with Gasteiger partial charge in [0.25, 0.3) is 0 Å². The van der Waals surface area contributed by atoms with Gasteiger partial charge >= 0.3 is 0 Å². The van der Waals surface area contributed by atoms with E-state index < -0.39 is 0 Å². The van der Waals surface area contributed by atoms with Gasteiger partial charge in [-0.3, -0.25) is 4.79 Å². The molecule has 1 saturated heterocycles. The van der Waals surface area contributed by atoms with Gasteiger partial charge in [-0.2, -0.15) is 0 Å². The van der Waals surface area contributed by atoms with Crippen LogP contribution in [0.25, 0.3) is 0 Å². The van der Waals surface area contributed by atoms with Crippen molar-refractivity contribution in [1.29, 1.82) is 0 Å². The number of hydrogen-bond donors (Lipinski definition) is 1. The molecule has 98 valence electrons. The van der Waals surface area contributed by atoms with Crippen molar-refractivity contribution in [1.82, 2.24) is 10.2 Å². The zero-order valence-electron chi connectivity index (χ0n) is 11.3. The molecule has 2 rings (SSSR count). The summed E-state index contributed by atoms with van der Waals surface area (Å²) in [5.41, 5.74) is 2.54. The van der Waals surface area contributed by atoms with Crippen molar-refractivity contribution in [2.75, 3.05) is 19.6 Å². The zero-order chi connectivity index (χ0) is 13.0. The molecule has 18 heavy (non-hydrogen) atoms. The SMILES string of the molecule is Cc1ccccc1[C@@H](C)NCC(=O)N1CCCC1. The Labute approximate surface area is 109 Å². The molecule has 0 aliphatic carbocycles. The Bertz CT molecular complexity index is 411. The molecule has 1 atom stereocenters. The zero-order valence-corrected chi connectivity index (χ0v) is 11.3. The van der Waals surface area contributed by atoms with Crippen LogP contribution in [0.1, 0.15) is 36.9 Å². The molecule has 1 amide bonds. The van der Waals surface area contributed by atoms with Crippen molar-refractivity contribution in [3.63, 3.8) is 0 Å². The Hall–Kier alpha value is -1.35. The van der Waals surface area contributed by atoms with E-state index in [1.54, 1.807) is 0 Å². The second kappa shape index (κ2) is 6.01. The number of hydrogen-bond acceptors (Lipinski definition) is 2. The molecule has 1 aromatic carbocycles. The topological polar surface area (TPSA) is 32.3 Å². The number of likely N-dealkylation sites (tertiary alicyclic amines) is 1. The van der Waals surface area contributed by atoms with E-state index >= 15 is 0 Å². The molecule has 1 aliphatic heterocycles. The fraction of sp³-hybridized carbons (Fsp3) is 0.533. The van der Waals surface area contributed by atoms with E-state index in [1.807, 2.05) is 17.0 Å². The first kappa shape index (κ1) is 13.1. The lowest BCUT2D eigenvalue weighted by molar-refractivity contribution is -0.129. The maximum atomic E-state index is 11.9. The van der Waals surface area contributed by atoms with Crippen molar-refractivity contribution in [2.45, 2.75) is 32.7 Å². The number of carbonyl (C=O) groups excluding carboxylic acids is 1. The minimum absolute atomic E-state index is 0.220. The molecule has 1 aliphatic rings. The lowest BCUT2D eigenvalue weighted by Crippen LogP contribution is -2.37. The number of carbonyl (C=O) groups is 1. The smallest absolute Gasteiger partial charge is 0.236 e. The van der Waals surface area contributed by atoms with Crippen molar-refractivity contribution in [3.05, 3.63) is 35.4 Å². The van der Waals surface area contributed by atoms with Gasteiger partial charge in [-0.05, 0) is 37.8 Å². The minimum Gasteiger partial charge on any atom is -0.342 e. The van der Waals surface area contributed by atoms with Crippen LogP contribution in [0.3, 0.4) is 0 Å². The molecule has 0 spiro atoms. The van der Waals surface area contributed by atoms with Crippen LogP contribution in [0, 0.1) is 6.92 Å². The Morgan fingerprint density at radius 2 is 2.00 bits per heavy atom. The van der Waals surface area contributed by atoms with E-state index in [4.69, 9.17) is 0 Å². The lowest BCUT2D eigenvalue weighted by Gasteiger charge is -2.19. The quantitative estimate of drug-likeness (QED) is 0.884. The first-order valence-corrected chi connectivity index (χ1v) is 6.75. The van der Waals surface area contributed by atoms with Gasteiger partial charge in [0.05, 0.1) is 6.54 Å². The molecular formula is C15H22N2O. The first-order chi connectivity index (χ1) is 8.68. The molecule has 1 fully saturated rings. The summed E-state index contributed by atoms with van der Waals surface area (Å²) in [7, 11) is 0. The normalized spacial score (nSPS) is 16.9. The van der Waals surface area contributed by atoms with Crippen molar-refractivity contribution in [2.24, 2.45) is 0 Å². The minimum atomic E-state index is 0.220. The molecule has 3 nitrogen and oxygen atoms in total. The van der Waals surface area contributed by atoms with Crippen molar-refractivity contribution < 1.29 is 4.79 Å². The fourth-order valence-electron chi connectivity index (χ4n) is 2.50. The summed E-state index contributed by atoms with van der Waals surface area (Å²) in [5, 5.41) is 3.33. The predicted molar refractivity (Wildman–Crippen MR) is 73.4 cm³/mol. The monoisotopic (exact) mass is 246 g/mol. The summed E-state index contributed by atoms with van der Waals surface area (Å²) in [5.74, 6) is 0.230. The van der Waals surface area contributed by atoms with E-state index in [-0.39, 0.29) is 11.9 Å². The van der Waals surface area contributed by atoms with Gasteiger partial charge < -0.3 is 10.2 Å². The molecule has 1 heterocycles. The number of rotatable bonds is 4. The van der Waals surface area contributed by atoms with E-state index in [1.165, 1.54) is 11.1 Å². The number of amides is 1. The van der Waals surface area contributed by atoms with Crippen molar-refractivity contribution in [3.8, 4) is 0 Å². The highest BCUT2D eigenvalue weighted by Gasteiger charge is 2.18. The highest BCUT2D eigenvalue weighted by Crippen LogP contribution is 2.16. The summed E-state index contributed by atoms with van der Waals surface area (Å²) in [6, 6.07) is 8.53. The summed E-state index contributed by atoms with van der Waals surface area (Å²) in [6.45, 7) is 6.52. The van der Waals surface area contributed by atoms with E-state index in [0.29, 0.717) is 6.54 Å². The fourth-order valence-corrected chi connectivity index (χ4v) is 2.50. The molecule has 0 radical (unpaired) electrons. The average Bonchev–Trinajstić information content (AvgIpc) is 2.90. The van der Waals surface area contributed by atoms with Crippen molar-refractivity contribution >= 4 is 5.91 Å². The summed E-state index contributed by atoms with van der Waals surface area (Å²) in [6.07, 6.45) is 2.30. The molecule has 3 heteroatoms. The van der Waals surface area contributed by atoms with E-state index in [0.717, 1.165) is 25.9 Å². The summed E-state index contributed by atoms with van der Waals surface area (Å²) in [4.78, 5) is 13.9. The maximum absolute atomic E-state index is 11.9. The van der Waals surface area contributed by atoms with Crippen LogP contribution in [-0.4, -0.2) is 30.4 Å². The Morgan fingerprint density at radius 3 is 2.67 bits per heavy atom. The van der Waals surface area contributed by atoms with E-state index in [9.17, 15) is 4.79 Å². The number of benzene rings is 1. The van der Waals surface area contributed by atoms with Gasteiger partial charge in [-0.1, -0.05) is 24.3 Å². The standard InChI is InChI=1S/C15H22N2O/c1-12-7-3-4-8-14(12)13(2)16-11-15(18)17-9-5-6-10-17/h3-4,7-8,13,16H,5-6,9-11H2,1-2H3/t13-/m1/s1. The first-order valence-electron chi connectivity index (χ1n) is 6.75. The molecule has 0 bridgehead atoms. The second-order valence-electron chi connectivity index (χ2n) is 5.05. The van der Waals surface area contributed by atoms with Crippen LogP contribution >= 0.6 is 0 Å². The van der Waals surface area contributed by atoms with Gasteiger partial charge in [-0.15, -0.1) is 0 Å². The number of nitrogens with one attached hydrogen (secondary N) is 1. The summed E-state index contributed by atoms with van der Waals surface area (Å²) >= 11 is 0. The third-order valence-electron chi connectivity index (χ3n) is 3.67. The second-order valence-corrected chi connectivity index (χ2v) is 5.05. The molecule has 0 saturated carbocycles. The van der Waals surface area contributed by atoms with Crippen LogP contribution in [0.5, 0.6) is 0 Å². The highest BCUT2D eigenvalue weighted by atomic mass is 16.2. The number of aryl methyl sites for hydroxylation is 1. The lowest BCUT2D eigenvalue weighted by atomic mass is 10.0. The molecule has 0 unspecified atom stereocenters.